The van der Waals surface area contributed by atoms with Crippen LogP contribution in [0.15, 0.2) is 34.3 Å². The van der Waals surface area contributed by atoms with E-state index in [4.69, 9.17) is 5.21 Å². The molecule has 0 aromatic heterocycles. The normalized spacial score (nSPS) is 12.1. The van der Waals surface area contributed by atoms with Crippen molar-refractivity contribution in [2.45, 2.75) is 13.1 Å². The summed E-state index contributed by atoms with van der Waals surface area (Å²) in [6.07, 6.45) is 1.68. The number of carbonyl (C=O) groups is 2. The van der Waals surface area contributed by atoms with Crippen molar-refractivity contribution in [3.05, 3.63) is 24.3 Å². The van der Waals surface area contributed by atoms with Gasteiger partial charge < -0.3 is 16.0 Å². The third kappa shape index (κ3) is 6.57. The lowest BCUT2D eigenvalue weighted by Gasteiger charge is -2.13. The van der Waals surface area contributed by atoms with Gasteiger partial charge in [-0.2, -0.15) is 0 Å². The lowest BCUT2D eigenvalue weighted by Crippen LogP contribution is -2.46. The van der Waals surface area contributed by atoms with Crippen LogP contribution in [0, 0.1) is 0 Å². The van der Waals surface area contributed by atoms with Gasteiger partial charge in [0.2, 0.25) is 6.17 Å². The first-order chi connectivity index (χ1) is 11.1. The fourth-order valence-corrected chi connectivity index (χ4v) is 1.58. The number of anilines is 2. The summed E-state index contributed by atoms with van der Waals surface area (Å²) in [4.78, 5) is 31.2. The lowest BCUT2D eigenvalue weighted by atomic mass is 10.3. The number of benzene rings is 1. The van der Waals surface area contributed by atoms with Crippen LogP contribution >= 0.6 is 0 Å². The highest BCUT2D eigenvalue weighted by atomic mass is 16.5. The van der Waals surface area contributed by atoms with Gasteiger partial charge in [-0.15, -0.1) is 0 Å². The lowest BCUT2D eigenvalue weighted by molar-refractivity contribution is -0.130. The average molecular weight is 320 g/mol. The molecule has 3 amide bonds. The molecule has 1 rings (SSSR count). The Morgan fingerprint density at radius 3 is 2.74 bits per heavy atom. The summed E-state index contributed by atoms with van der Waals surface area (Å²) in [7, 11) is 1.76. The molecule has 0 unspecified atom stereocenters. The summed E-state index contributed by atoms with van der Waals surface area (Å²) in [6, 6.07) is 6.38. The molecule has 0 spiro atoms. The summed E-state index contributed by atoms with van der Waals surface area (Å²) in [5.74, 6) is -0.860. The highest BCUT2D eigenvalue weighted by Crippen LogP contribution is 2.14. The van der Waals surface area contributed by atoms with E-state index in [9.17, 15) is 9.59 Å². The number of carbonyl (C=O) groups excluding carboxylic acids is 2. The molecule has 9 heteroatoms. The summed E-state index contributed by atoms with van der Waals surface area (Å²) in [5.41, 5.74) is 2.81. The molecule has 1 aromatic carbocycles. The first kappa shape index (κ1) is 18.1. The Bertz CT molecular complexity index is 588. The highest BCUT2D eigenvalue weighted by Gasteiger charge is 2.18. The Labute approximate surface area is 133 Å². The zero-order valence-corrected chi connectivity index (χ0v) is 12.9. The zero-order valence-electron chi connectivity index (χ0n) is 12.9. The zero-order chi connectivity index (χ0) is 17.1. The number of aliphatic imine (C=N–C) groups is 2. The molecule has 9 nitrogen and oxygen atoms in total. The molecule has 0 aliphatic carbocycles. The summed E-state index contributed by atoms with van der Waals surface area (Å²) in [6.45, 7) is 2.01. The van der Waals surface area contributed by atoms with Crippen molar-refractivity contribution in [3.8, 4) is 0 Å². The molecule has 0 aliphatic heterocycles. The molecule has 0 heterocycles. The molecule has 5 N–H and O–H groups in total. The van der Waals surface area contributed by atoms with Gasteiger partial charge in [0, 0.05) is 24.6 Å². The molecular weight excluding hydrogens is 300 g/mol. The third-order valence-corrected chi connectivity index (χ3v) is 2.66. The van der Waals surface area contributed by atoms with Crippen molar-refractivity contribution in [2.75, 3.05) is 24.2 Å². The van der Waals surface area contributed by atoms with Gasteiger partial charge in [-0.05, 0) is 31.3 Å². The summed E-state index contributed by atoms with van der Waals surface area (Å²) >= 11 is 0. The SMILES string of the molecule is C/C=N\C/C=N/[C@H](NC(=O)Nc1cccc(NC)c1)C(=O)NO. The second-order valence-electron chi connectivity index (χ2n) is 4.26. The van der Waals surface area contributed by atoms with Gasteiger partial charge in [0.15, 0.2) is 0 Å². The van der Waals surface area contributed by atoms with Gasteiger partial charge in [0.05, 0.1) is 6.54 Å². The number of nitrogens with one attached hydrogen (secondary N) is 4. The minimum absolute atomic E-state index is 0.263. The van der Waals surface area contributed by atoms with E-state index < -0.39 is 18.1 Å². The Morgan fingerprint density at radius 1 is 1.35 bits per heavy atom. The summed E-state index contributed by atoms with van der Waals surface area (Å²) in [5, 5.41) is 16.5. The van der Waals surface area contributed by atoms with E-state index >= 15 is 0 Å². The first-order valence-corrected chi connectivity index (χ1v) is 6.86. The molecule has 1 aromatic rings. The second-order valence-corrected chi connectivity index (χ2v) is 4.26. The van der Waals surface area contributed by atoms with E-state index in [0.717, 1.165) is 5.69 Å². The molecule has 0 bridgehead atoms. The van der Waals surface area contributed by atoms with Crippen LogP contribution in [0.25, 0.3) is 0 Å². The smallest absolute Gasteiger partial charge is 0.321 e. The third-order valence-electron chi connectivity index (χ3n) is 2.66. The minimum atomic E-state index is -1.26. The number of hydrogen-bond donors (Lipinski definition) is 5. The topological polar surface area (TPSA) is 127 Å². The van der Waals surface area contributed by atoms with E-state index in [0.29, 0.717) is 5.69 Å². The van der Waals surface area contributed by atoms with Crippen LogP contribution in [0.3, 0.4) is 0 Å². The van der Waals surface area contributed by atoms with Gasteiger partial charge in [-0.3, -0.25) is 20.0 Å². The molecule has 0 radical (unpaired) electrons. The number of nitrogens with zero attached hydrogens (tertiary/aromatic N) is 2. The fraction of sp³-hybridized carbons (Fsp3) is 0.286. The molecule has 0 saturated carbocycles. The van der Waals surface area contributed by atoms with Crippen molar-refractivity contribution < 1.29 is 14.8 Å². The Morgan fingerprint density at radius 2 is 2.09 bits per heavy atom. The van der Waals surface area contributed by atoms with Crippen LogP contribution in [0.5, 0.6) is 0 Å². The molecule has 0 fully saturated rings. The minimum Gasteiger partial charge on any atom is -0.388 e. The molecule has 0 aliphatic rings. The molecular formula is C14H20N6O3. The van der Waals surface area contributed by atoms with E-state index in [1.54, 1.807) is 38.4 Å². The van der Waals surface area contributed by atoms with Crippen LogP contribution in [0.1, 0.15) is 6.92 Å². The van der Waals surface area contributed by atoms with E-state index in [2.05, 4.69) is 25.9 Å². The van der Waals surface area contributed by atoms with E-state index in [1.165, 1.54) is 11.7 Å². The number of rotatable bonds is 7. The van der Waals surface area contributed by atoms with Gasteiger partial charge in [-0.1, -0.05) is 6.07 Å². The van der Waals surface area contributed by atoms with Crippen LogP contribution < -0.4 is 21.4 Å². The first-order valence-electron chi connectivity index (χ1n) is 6.86. The summed E-state index contributed by atoms with van der Waals surface area (Å²) < 4.78 is 0. The second kappa shape index (κ2) is 9.90. The van der Waals surface area contributed by atoms with E-state index in [1.807, 2.05) is 6.07 Å². The molecule has 124 valence electrons. The maximum Gasteiger partial charge on any atom is 0.321 e. The number of hydrogen-bond acceptors (Lipinski definition) is 6. The van der Waals surface area contributed by atoms with Crippen LogP contribution in [0.4, 0.5) is 16.2 Å². The van der Waals surface area contributed by atoms with Crippen molar-refractivity contribution in [2.24, 2.45) is 9.98 Å². The van der Waals surface area contributed by atoms with Gasteiger partial charge >= 0.3 is 6.03 Å². The predicted molar refractivity (Wildman–Crippen MR) is 89.4 cm³/mol. The standard InChI is InChI=1S/C14H20N6O3/c1-3-16-7-8-17-12(13(21)20-23)19-14(22)18-11-6-4-5-10(9-11)15-2/h3-6,8-9,12,15,23H,7H2,1-2H3,(H,20,21)(H2,18,19,22)/b16-3-,17-8+/t12-/m1/s1. The monoisotopic (exact) mass is 320 g/mol. The molecule has 1 atom stereocenters. The Hall–Kier alpha value is -2.94. The highest BCUT2D eigenvalue weighted by molar-refractivity contribution is 5.94. The number of urea groups is 1. The number of hydroxylamine groups is 1. The van der Waals surface area contributed by atoms with Gasteiger partial charge in [-0.25, -0.2) is 10.3 Å². The quantitative estimate of drug-likeness (QED) is 0.290. The van der Waals surface area contributed by atoms with Crippen LogP contribution in [-0.2, 0) is 4.79 Å². The van der Waals surface area contributed by atoms with Crippen LogP contribution in [0.2, 0.25) is 0 Å². The maximum atomic E-state index is 11.9. The van der Waals surface area contributed by atoms with Crippen molar-refractivity contribution in [1.29, 1.82) is 0 Å². The Kier molecular flexibility index (Phi) is 7.79. The van der Waals surface area contributed by atoms with Crippen molar-refractivity contribution >= 4 is 35.7 Å². The largest absolute Gasteiger partial charge is 0.388 e. The van der Waals surface area contributed by atoms with Crippen molar-refractivity contribution in [3.63, 3.8) is 0 Å². The van der Waals surface area contributed by atoms with Crippen LogP contribution in [-0.4, -0.2) is 49.3 Å². The molecule has 23 heavy (non-hydrogen) atoms. The predicted octanol–water partition coefficient (Wildman–Crippen LogP) is 0.843. The Balaban J connectivity index is 2.68. The van der Waals surface area contributed by atoms with Crippen molar-refractivity contribution in [1.82, 2.24) is 10.8 Å². The van der Waals surface area contributed by atoms with Gasteiger partial charge in [0.1, 0.15) is 0 Å². The number of amides is 3. The molecule has 0 saturated heterocycles. The fourth-order valence-electron chi connectivity index (χ4n) is 1.58. The van der Waals surface area contributed by atoms with Gasteiger partial charge in [0.25, 0.3) is 5.91 Å². The van der Waals surface area contributed by atoms with E-state index in [-0.39, 0.29) is 6.54 Å². The maximum absolute atomic E-state index is 11.9. The average Bonchev–Trinajstić information content (AvgIpc) is 2.57.